The molecule has 1 aromatic rings. The molecule has 1 unspecified atom stereocenters. The van der Waals surface area contributed by atoms with E-state index in [0.29, 0.717) is 18.6 Å². The van der Waals surface area contributed by atoms with Gasteiger partial charge in [0, 0.05) is 19.4 Å². The summed E-state index contributed by atoms with van der Waals surface area (Å²) in [7, 11) is 0. The molecule has 0 bridgehead atoms. The Bertz CT molecular complexity index is 473. The lowest BCUT2D eigenvalue weighted by Crippen LogP contribution is -2.34. The molecule has 24 heavy (non-hydrogen) atoms. The zero-order valence-corrected chi connectivity index (χ0v) is 15.1. The van der Waals surface area contributed by atoms with Crippen molar-refractivity contribution in [1.29, 1.82) is 0 Å². The predicted molar refractivity (Wildman–Crippen MR) is 96.9 cm³/mol. The van der Waals surface area contributed by atoms with E-state index >= 15 is 0 Å². The standard InChI is InChI=1S/C20H31NO3/c1-3-4-5-6-7-11-14-19(21-17(2)22)15-16-24-20(23)18-12-9-8-10-13-18/h8-10,12-13,19H,3-7,11,14-16H2,1-2H3,(H,21,22). The van der Waals surface area contributed by atoms with E-state index in [0.717, 1.165) is 12.8 Å². The van der Waals surface area contributed by atoms with Gasteiger partial charge in [-0.05, 0) is 18.6 Å². The average molecular weight is 333 g/mol. The van der Waals surface area contributed by atoms with Gasteiger partial charge in [-0.15, -0.1) is 0 Å². The molecule has 0 aliphatic carbocycles. The van der Waals surface area contributed by atoms with Crippen molar-refractivity contribution in [2.45, 2.75) is 71.3 Å². The Balaban J connectivity index is 2.26. The van der Waals surface area contributed by atoms with E-state index in [-0.39, 0.29) is 17.9 Å². The van der Waals surface area contributed by atoms with Crippen LogP contribution >= 0.6 is 0 Å². The fraction of sp³-hybridized carbons (Fsp3) is 0.600. The molecule has 0 saturated heterocycles. The quantitative estimate of drug-likeness (QED) is 0.453. The van der Waals surface area contributed by atoms with Gasteiger partial charge in [0.15, 0.2) is 0 Å². The van der Waals surface area contributed by atoms with Gasteiger partial charge in [0.05, 0.1) is 12.2 Å². The van der Waals surface area contributed by atoms with Crippen LogP contribution in [0, 0.1) is 0 Å². The van der Waals surface area contributed by atoms with Gasteiger partial charge < -0.3 is 10.1 Å². The summed E-state index contributed by atoms with van der Waals surface area (Å²) in [6.45, 7) is 4.07. The minimum absolute atomic E-state index is 0.0274. The maximum absolute atomic E-state index is 11.9. The van der Waals surface area contributed by atoms with Crippen LogP contribution in [0.2, 0.25) is 0 Å². The number of rotatable bonds is 12. The Kier molecular flexibility index (Phi) is 10.6. The van der Waals surface area contributed by atoms with Crippen LogP contribution in [-0.4, -0.2) is 24.5 Å². The second-order valence-electron chi connectivity index (χ2n) is 6.24. The number of carbonyl (C=O) groups is 2. The van der Waals surface area contributed by atoms with Gasteiger partial charge in [0.2, 0.25) is 5.91 Å². The molecular formula is C20H31NO3. The van der Waals surface area contributed by atoms with Gasteiger partial charge in [-0.25, -0.2) is 4.79 Å². The number of ether oxygens (including phenoxy) is 1. The highest BCUT2D eigenvalue weighted by Crippen LogP contribution is 2.11. The van der Waals surface area contributed by atoms with Crippen LogP contribution in [0.1, 0.15) is 75.6 Å². The van der Waals surface area contributed by atoms with Crippen LogP contribution in [0.5, 0.6) is 0 Å². The summed E-state index contributed by atoms with van der Waals surface area (Å²) in [5.41, 5.74) is 0.560. The van der Waals surface area contributed by atoms with E-state index in [1.807, 2.05) is 18.2 Å². The van der Waals surface area contributed by atoms with E-state index in [1.54, 1.807) is 12.1 Å². The number of hydrogen-bond donors (Lipinski definition) is 1. The molecule has 4 heteroatoms. The molecular weight excluding hydrogens is 302 g/mol. The van der Waals surface area contributed by atoms with Gasteiger partial charge in [-0.2, -0.15) is 0 Å². The molecule has 0 heterocycles. The molecule has 0 aliphatic rings. The third-order valence-corrected chi connectivity index (χ3v) is 4.02. The second-order valence-corrected chi connectivity index (χ2v) is 6.24. The second kappa shape index (κ2) is 12.6. The van der Waals surface area contributed by atoms with Crippen molar-refractivity contribution in [3.05, 3.63) is 35.9 Å². The fourth-order valence-electron chi connectivity index (χ4n) is 2.70. The Morgan fingerprint density at radius 3 is 2.33 bits per heavy atom. The molecule has 1 atom stereocenters. The van der Waals surface area contributed by atoms with Gasteiger partial charge in [-0.3, -0.25) is 4.79 Å². The lowest BCUT2D eigenvalue weighted by atomic mass is 10.0. The maximum Gasteiger partial charge on any atom is 0.338 e. The van der Waals surface area contributed by atoms with Crippen molar-refractivity contribution >= 4 is 11.9 Å². The van der Waals surface area contributed by atoms with Crippen LogP contribution in [0.4, 0.5) is 0 Å². The predicted octanol–water partition coefficient (Wildman–Crippen LogP) is 4.49. The van der Waals surface area contributed by atoms with Gasteiger partial charge in [0.25, 0.3) is 0 Å². The average Bonchev–Trinajstić information content (AvgIpc) is 2.58. The molecule has 1 aromatic carbocycles. The molecule has 134 valence electrons. The lowest BCUT2D eigenvalue weighted by molar-refractivity contribution is -0.119. The van der Waals surface area contributed by atoms with Crippen LogP contribution in [0.15, 0.2) is 30.3 Å². The molecule has 0 aromatic heterocycles. The van der Waals surface area contributed by atoms with E-state index in [1.165, 1.54) is 39.0 Å². The summed E-state index contributed by atoms with van der Waals surface area (Å²) >= 11 is 0. The van der Waals surface area contributed by atoms with Crippen LogP contribution in [-0.2, 0) is 9.53 Å². The molecule has 0 radical (unpaired) electrons. The Morgan fingerprint density at radius 1 is 1.00 bits per heavy atom. The fourth-order valence-corrected chi connectivity index (χ4v) is 2.70. The zero-order chi connectivity index (χ0) is 17.6. The highest BCUT2D eigenvalue weighted by molar-refractivity contribution is 5.89. The first-order valence-corrected chi connectivity index (χ1v) is 9.12. The number of nitrogens with one attached hydrogen (secondary N) is 1. The van der Waals surface area contributed by atoms with Crippen molar-refractivity contribution in [1.82, 2.24) is 5.32 Å². The van der Waals surface area contributed by atoms with Gasteiger partial charge >= 0.3 is 5.97 Å². The van der Waals surface area contributed by atoms with Crippen molar-refractivity contribution in [2.75, 3.05) is 6.61 Å². The van der Waals surface area contributed by atoms with Crippen molar-refractivity contribution in [2.24, 2.45) is 0 Å². The normalized spacial score (nSPS) is 11.8. The highest BCUT2D eigenvalue weighted by atomic mass is 16.5. The summed E-state index contributed by atoms with van der Waals surface area (Å²) in [6.07, 6.45) is 8.98. The minimum atomic E-state index is -0.309. The summed E-state index contributed by atoms with van der Waals surface area (Å²) < 4.78 is 5.31. The third kappa shape index (κ3) is 9.33. The van der Waals surface area contributed by atoms with Crippen molar-refractivity contribution in [3.63, 3.8) is 0 Å². The monoisotopic (exact) mass is 333 g/mol. The number of esters is 1. The summed E-state index contributed by atoms with van der Waals surface area (Å²) in [5.74, 6) is -0.336. The number of hydrogen-bond acceptors (Lipinski definition) is 3. The molecule has 1 amide bonds. The SMILES string of the molecule is CCCCCCCCC(CCOC(=O)c1ccccc1)NC(C)=O. The number of carbonyl (C=O) groups excluding carboxylic acids is 2. The molecule has 4 nitrogen and oxygen atoms in total. The van der Waals surface area contributed by atoms with Crippen LogP contribution < -0.4 is 5.32 Å². The Labute approximate surface area is 146 Å². The molecule has 0 spiro atoms. The first kappa shape index (κ1) is 20.2. The third-order valence-electron chi connectivity index (χ3n) is 4.02. The highest BCUT2D eigenvalue weighted by Gasteiger charge is 2.12. The summed E-state index contributed by atoms with van der Waals surface area (Å²) in [5, 5.41) is 2.97. The van der Waals surface area contributed by atoms with E-state index in [2.05, 4.69) is 12.2 Å². The van der Waals surface area contributed by atoms with Crippen LogP contribution in [0.25, 0.3) is 0 Å². The molecule has 0 fully saturated rings. The topological polar surface area (TPSA) is 55.4 Å². The first-order chi connectivity index (χ1) is 11.6. The zero-order valence-electron chi connectivity index (χ0n) is 15.1. The van der Waals surface area contributed by atoms with E-state index in [4.69, 9.17) is 4.74 Å². The Morgan fingerprint density at radius 2 is 1.67 bits per heavy atom. The molecule has 0 aliphatic heterocycles. The van der Waals surface area contributed by atoms with Gasteiger partial charge in [-0.1, -0.05) is 63.6 Å². The first-order valence-electron chi connectivity index (χ1n) is 9.12. The molecule has 1 rings (SSSR count). The summed E-state index contributed by atoms with van der Waals surface area (Å²) in [6, 6.07) is 9.06. The molecule has 0 saturated carbocycles. The minimum Gasteiger partial charge on any atom is -0.462 e. The van der Waals surface area contributed by atoms with Crippen molar-refractivity contribution < 1.29 is 14.3 Å². The van der Waals surface area contributed by atoms with E-state index in [9.17, 15) is 9.59 Å². The number of unbranched alkanes of at least 4 members (excludes halogenated alkanes) is 5. The van der Waals surface area contributed by atoms with Gasteiger partial charge in [0.1, 0.15) is 0 Å². The van der Waals surface area contributed by atoms with Crippen LogP contribution in [0.3, 0.4) is 0 Å². The number of amides is 1. The number of benzene rings is 1. The van der Waals surface area contributed by atoms with Crippen molar-refractivity contribution in [3.8, 4) is 0 Å². The largest absolute Gasteiger partial charge is 0.462 e. The Hall–Kier alpha value is -1.84. The lowest BCUT2D eigenvalue weighted by Gasteiger charge is -2.18. The van der Waals surface area contributed by atoms with E-state index < -0.39 is 0 Å². The maximum atomic E-state index is 11.9. The smallest absolute Gasteiger partial charge is 0.338 e. The summed E-state index contributed by atoms with van der Waals surface area (Å²) in [4.78, 5) is 23.2. The molecule has 1 N–H and O–H groups in total.